The van der Waals surface area contributed by atoms with Crippen LogP contribution >= 0.6 is 11.3 Å². The van der Waals surface area contributed by atoms with Gasteiger partial charge in [0, 0.05) is 25.0 Å². The Labute approximate surface area is 189 Å². The summed E-state index contributed by atoms with van der Waals surface area (Å²) in [4.78, 5) is 32.6. The van der Waals surface area contributed by atoms with Gasteiger partial charge in [-0.15, -0.1) is 11.3 Å². The van der Waals surface area contributed by atoms with Gasteiger partial charge >= 0.3 is 6.09 Å². The van der Waals surface area contributed by atoms with E-state index >= 15 is 0 Å². The number of thiophene rings is 1. The lowest BCUT2D eigenvalue weighted by Gasteiger charge is -2.38. The van der Waals surface area contributed by atoms with E-state index in [2.05, 4.69) is 10.6 Å². The van der Waals surface area contributed by atoms with Crippen LogP contribution in [0.5, 0.6) is 0 Å². The Kier molecular flexibility index (Phi) is 5.46. The van der Waals surface area contributed by atoms with Gasteiger partial charge in [-0.05, 0) is 55.5 Å². The molecule has 3 heterocycles. The molecule has 4 rings (SSSR count). The normalized spacial score (nSPS) is 23.0. The van der Waals surface area contributed by atoms with Crippen molar-refractivity contribution in [2.75, 3.05) is 25.9 Å². The molecule has 1 unspecified atom stereocenters. The fraction of sp³-hybridized carbons (Fsp3) is 0.409. The first-order chi connectivity index (χ1) is 15.0. The van der Waals surface area contributed by atoms with Gasteiger partial charge in [0.15, 0.2) is 0 Å². The summed E-state index contributed by atoms with van der Waals surface area (Å²) in [5, 5.41) is 7.83. The van der Waals surface area contributed by atoms with E-state index in [1.165, 1.54) is 22.3 Å². The number of alkyl carbamates (subject to hydrolysis) is 1. The van der Waals surface area contributed by atoms with Crippen molar-refractivity contribution in [3.05, 3.63) is 40.3 Å². The number of nitrogens with one attached hydrogen (secondary N) is 2. The highest BCUT2D eigenvalue weighted by molar-refractivity contribution is 7.10. The minimum absolute atomic E-state index is 0.0742. The molecule has 2 aliphatic heterocycles. The number of carbonyl (C=O) groups is 2. The van der Waals surface area contributed by atoms with Crippen LogP contribution in [-0.2, 0) is 15.1 Å². The molecule has 2 amide bonds. The minimum atomic E-state index is -0.859. The Bertz CT molecular complexity index is 1110. The Morgan fingerprint density at radius 2 is 2.12 bits per heavy atom. The van der Waals surface area contributed by atoms with E-state index in [0.717, 1.165) is 16.0 Å². The summed E-state index contributed by atoms with van der Waals surface area (Å²) in [6.07, 6.45) is -0.677. The van der Waals surface area contributed by atoms with Crippen LogP contribution in [0.3, 0.4) is 0 Å². The third-order valence-electron chi connectivity index (χ3n) is 5.54. The zero-order valence-electron chi connectivity index (χ0n) is 18.4. The van der Waals surface area contributed by atoms with Gasteiger partial charge in [-0.25, -0.2) is 14.2 Å². The second-order valence-electron chi connectivity index (χ2n) is 9.00. The van der Waals surface area contributed by atoms with Crippen LogP contribution in [0.25, 0.3) is 11.1 Å². The van der Waals surface area contributed by atoms with Gasteiger partial charge in [0.2, 0.25) is 11.9 Å². The third kappa shape index (κ3) is 3.95. The summed E-state index contributed by atoms with van der Waals surface area (Å²) in [5.41, 5.74) is 5.90. The molecule has 170 valence electrons. The molecule has 0 bridgehead atoms. The summed E-state index contributed by atoms with van der Waals surface area (Å²) >= 11 is 1.47. The highest BCUT2D eigenvalue weighted by Crippen LogP contribution is 2.44. The Morgan fingerprint density at radius 1 is 1.38 bits per heavy atom. The van der Waals surface area contributed by atoms with Crippen LogP contribution in [0.1, 0.15) is 25.6 Å². The lowest BCUT2D eigenvalue weighted by molar-refractivity contribution is -0.132. The molecular weight excluding hydrogens is 433 g/mol. The first kappa shape index (κ1) is 22.2. The zero-order valence-corrected chi connectivity index (χ0v) is 19.2. The van der Waals surface area contributed by atoms with Crippen molar-refractivity contribution >= 4 is 35.0 Å². The molecule has 4 N–H and O–H groups in total. The second kappa shape index (κ2) is 7.86. The van der Waals surface area contributed by atoms with Crippen LogP contribution in [-0.4, -0.2) is 48.6 Å². The van der Waals surface area contributed by atoms with Crippen molar-refractivity contribution in [3.8, 4) is 11.1 Å². The molecule has 0 spiro atoms. The molecule has 8 nitrogen and oxygen atoms in total. The fourth-order valence-corrected chi connectivity index (χ4v) is 5.09. The van der Waals surface area contributed by atoms with Gasteiger partial charge in [-0.3, -0.25) is 15.0 Å². The number of hydrogen-bond acceptors (Lipinski definition) is 7. The monoisotopic (exact) mass is 459 g/mol. The molecule has 0 radical (unpaired) electrons. The number of nitrogens with zero attached hydrogens (tertiary/aromatic N) is 2. The number of halogens is 1. The summed E-state index contributed by atoms with van der Waals surface area (Å²) in [6.45, 7) is 6.21. The van der Waals surface area contributed by atoms with Crippen LogP contribution < -0.4 is 16.4 Å². The molecule has 1 aromatic carbocycles. The quantitative estimate of drug-likeness (QED) is 0.599. The summed E-state index contributed by atoms with van der Waals surface area (Å²) < 4.78 is 18.9. The summed E-state index contributed by atoms with van der Waals surface area (Å²) in [6, 6.07) is 6.53. The highest BCUT2D eigenvalue weighted by atomic mass is 32.1. The summed E-state index contributed by atoms with van der Waals surface area (Å²) in [5.74, 6) is -0.880. The number of nitrogens with two attached hydrogens (primary N) is 1. The first-order valence-corrected chi connectivity index (χ1v) is 11.1. The average Bonchev–Trinajstić information content (AvgIpc) is 3.34. The molecule has 2 aliphatic rings. The number of fused-ring (bicyclic) bond motifs is 1. The first-order valence-electron chi connectivity index (χ1n) is 10.2. The molecule has 0 aliphatic carbocycles. The number of rotatable bonds is 2. The number of ether oxygens (including phenoxy) is 1. The Balaban J connectivity index is 1.71. The number of hydrogen-bond donors (Lipinski definition) is 3. The predicted octanol–water partition coefficient (Wildman–Crippen LogP) is 2.90. The largest absolute Gasteiger partial charge is 0.444 e. The van der Waals surface area contributed by atoms with E-state index in [4.69, 9.17) is 15.5 Å². The van der Waals surface area contributed by atoms with Crippen molar-refractivity contribution in [1.82, 2.24) is 15.5 Å². The van der Waals surface area contributed by atoms with E-state index < -0.39 is 29.0 Å². The number of aliphatic imine (C=N–C) groups is 1. The molecule has 10 heteroatoms. The number of benzene rings is 1. The van der Waals surface area contributed by atoms with Crippen molar-refractivity contribution in [1.29, 1.82) is 0 Å². The van der Waals surface area contributed by atoms with Crippen molar-refractivity contribution < 1.29 is 18.7 Å². The SMILES string of the molecule is CN1C(=O)C2CNC[C@]2(c2cc(-c3ccc(F)c(N)c3)cs2)N=C1NC(=O)OC(C)(C)C. The molecule has 1 aromatic heterocycles. The lowest BCUT2D eigenvalue weighted by Crippen LogP contribution is -2.56. The van der Waals surface area contributed by atoms with E-state index in [0.29, 0.717) is 13.1 Å². The molecule has 1 fully saturated rings. The van der Waals surface area contributed by atoms with Crippen LogP contribution in [0.15, 0.2) is 34.6 Å². The smallest absolute Gasteiger partial charge is 0.414 e. The number of guanidine groups is 1. The molecule has 0 saturated carbocycles. The predicted molar refractivity (Wildman–Crippen MR) is 122 cm³/mol. The maximum Gasteiger partial charge on any atom is 0.414 e. The Morgan fingerprint density at radius 3 is 2.81 bits per heavy atom. The van der Waals surface area contributed by atoms with Gasteiger partial charge in [-0.1, -0.05) is 6.07 Å². The van der Waals surface area contributed by atoms with Gasteiger partial charge in [-0.2, -0.15) is 0 Å². The van der Waals surface area contributed by atoms with Gasteiger partial charge in [0.1, 0.15) is 17.0 Å². The number of anilines is 1. The molecular formula is C22H26FN5O3S. The Hall–Kier alpha value is -2.98. The highest BCUT2D eigenvalue weighted by Gasteiger charge is 2.54. The fourth-order valence-electron chi connectivity index (χ4n) is 3.97. The molecule has 2 aromatic rings. The molecule has 2 atom stereocenters. The van der Waals surface area contributed by atoms with Crippen molar-refractivity contribution in [3.63, 3.8) is 0 Å². The standard InChI is InChI=1S/C22H26FN5O3S/c1-21(2,3)31-20(30)26-19-27-22(11-25-9-14(22)18(29)28(19)4)17-8-13(10-32-17)12-5-6-15(23)16(24)7-12/h5-8,10,14,25H,9,11,24H2,1-4H3,(H,26,27,30)/t14?,22-/m0/s1. The van der Waals surface area contributed by atoms with E-state index in [-0.39, 0.29) is 17.6 Å². The van der Waals surface area contributed by atoms with E-state index in [1.807, 2.05) is 11.4 Å². The van der Waals surface area contributed by atoms with Gasteiger partial charge in [0.05, 0.1) is 11.6 Å². The molecule has 1 saturated heterocycles. The molecule has 32 heavy (non-hydrogen) atoms. The second-order valence-corrected chi connectivity index (χ2v) is 9.91. The summed E-state index contributed by atoms with van der Waals surface area (Å²) in [7, 11) is 1.59. The van der Waals surface area contributed by atoms with Crippen LogP contribution in [0.4, 0.5) is 14.9 Å². The zero-order chi connectivity index (χ0) is 23.3. The average molecular weight is 460 g/mol. The maximum absolute atomic E-state index is 13.6. The van der Waals surface area contributed by atoms with E-state index in [9.17, 15) is 14.0 Å². The van der Waals surface area contributed by atoms with Crippen molar-refractivity contribution in [2.24, 2.45) is 10.9 Å². The number of carbonyl (C=O) groups excluding carboxylic acids is 2. The van der Waals surface area contributed by atoms with Crippen LogP contribution in [0.2, 0.25) is 0 Å². The van der Waals surface area contributed by atoms with Gasteiger partial charge in [0.25, 0.3) is 0 Å². The number of amides is 2. The van der Waals surface area contributed by atoms with E-state index in [1.54, 1.807) is 40.0 Å². The van der Waals surface area contributed by atoms with Crippen LogP contribution in [0, 0.1) is 11.7 Å². The minimum Gasteiger partial charge on any atom is -0.444 e. The lowest BCUT2D eigenvalue weighted by atomic mass is 9.83. The maximum atomic E-state index is 13.6. The number of nitrogen functional groups attached to an aromatic ring is 1. The third-order valence-corrected chi connectivity index (χ3v) is 6.64. The topological polar surface area (TPSA) is 109 Å². The van der Waals surface area contributed by atoms with Crippen molar-refractivity contribution in [2.45, 2.75) is 31.9 Å². The van der Waals surface area contributed by atoms with Gasteiger partial charge < -0.3 is 15.8 Å².